The van der Waals surface area contributed by atoms with Gasteiger partial charge in [-0.05, 0) is 57.4 Å². The van der Waals surface area contributed by atoms with Gasteiger partial charge in [-0.25, -0.2) is 0 Å². The van der Waals surface area contributed by atoms with E-state index >= 15 is 0 Å². The molecule has 0 radical (unpaired) electrons. The number of ether oxygens (including phenoxy) is 1. The maximum Gasteiger partial charge on any atom is 0.0777 e. The molecule has 1 aliphatic carbocycles. The molecule has 19 heavy (non-hydrogen) atoms. The summed E-state index contributed by atoms with van der Waals surface area (Å²) in [5.74, 6) is 1.30. The second kappa shape index (κ2) is 6.55. The van der Waals surface area contributed by atoms with Crippen LogP contribution in [0.4, 0.5) is 0 Å². The van der Waals surface area contributed by atoms with E-state index in [1.807, 2.05) is 7.11 Å². The van der Waals surface area contributed by atoms with Crippen LogP contribution >= 0.6 is 0 Å². The van der Waals surface area contributed by atoms with E-state index in [4.69, 9.17) is 4.74 Å². The zero-order valence-electron chi connectivity index (χ0n) is 12.9. The highest BCUT2D eigenvalue weighted by Gasteiger charge is 2.34. The molecule has 2 aliphatic rings. The standard InChI is InChI=1S/C16H31NO2/c1-4-13-6-7-15(18)14(10-13)11-17-9-5-8-16(2,12-17)19-3/h13-15,18H,4-12H2,1-3H3. The van der Waals surface area contributed by atoms with Gasteiger partial charge in [0.1, 0.15) is 0 Å². The molecule has 1 saturated carbocycles. The van der Waals surface area contributed by atoms with E-state index in [2.05, 4.69) is 18.7 Å². The highest BCUT2D eigenvalue weighted by atomic mass is 16.5. The van der Waals surface area contributed by atoms with Crippen LogP contribution in [0.2, 0.25) is 0 Å². The lowest BCUT2D eigenvalue weighted by atomic mass is 9.77. The summed E-state index contributed by atoms with van der Waals surface area (Å²) >= 11 is 0. The highest BCUT2D eigenvalue weighted by molar-refractivity contribution is 4.88. The van der Waals surface area contributed by atoms with E-state index in [0.29, 0.717) is 5.92 Å². The Kier molecular flexibility index (Phi) is 5.27. The van der Waals surface area contributed by atoms with Gasteiger partial charge >= 0.3 is 0 Å². The first-order chi connectivity index (χ1) is 9.06. The molecule has 3 heteroatoms. The molecule has 2 rings (SSSR count). The molecule has 0 aromatic carbocycles. The number of hydrogen-bond donors (Lipinski definition) is 1. The molecule has 4 atom stereocenters. The van der Waals surface area contributed by atoms with Crippen LogP contribution in [0, 0.1) is 11.8 Å². The van der Waals surface area contributed by atoms with Gasteiger partial charge in [-0.3, -0.25) is 0 Å². The lowest BCUT2D eigenvalue weighted by Crippen LogP contribution is -2.50. The van der Waals surface area contributed by atoms with E-state index in [0.717, 1.165) is 31.8 Å². The first-order valence-corrected chi connectivity index (χ1v) is 8.02. The van der Waals surface area contributed by atoms with Crippen LogP contribution in [0.15, 0.2) is 0 Å². The van der Waals surface area contributed by atoms with Crippen LogP contribution in [0.25, 0.3) is 0 Å². The van der Waals surface area contributed by atoms with Gasteiger partial charge in [-0.15, -0.1) is 0 Å². The molecule has 112 valence electrons. The topological polar surface area (TPSA) is 32.7 Å². The third kappa shape index (κ3) is 3.93. The summed E-state index contributed by atoms with van der Waals surface area (Å²) in [6.07, 6.45) is 6.97. The number of methoxy groups -OCH3 is 1. The van der Waals surface area contributed by atoms with E-state index in [-0.39, 0.29) is 11.7 Å². The molecular formula is C16H31NO2. The largest absolute Gasteiger partial charge is 0.393 e. The first-order valence-electron chi connectivity index (χ1n) is 8.02. The zero-order valence-corrected chi connectivity index (χ0v) is 12.9. The van der Waals surface area contributed by atoms with Crippen LogP contribution < -0.4 is 0 Å². The van der Waals surface area contributed by atoms with Gasteiger partial charge in [0.05, 0.1) is 11.7 Å². The zero-order chi connectivity index (χ0) is 13.9. The van der Waals surface area contributed by atoms with E-state index in [1.165, 1.54) is 32.2 Å². The Balaban J connectivity index is 1.88. The van der Waals surface area contributed by atoms with Gasteiger partial charge in [-0.2, -0.15) is 0 Å². The summed E-state index contributed by atoms with van der Waals surface area (Å²) in [5, 5.41) is 10.2. The fourth-order valence-corrected chi connectivity index (χ4v) is 3.87. The van der Waals surface area contributed by atoms with Crippen molar-refractivity contribution < 1.29 is 9.84 Å². The van der Waals surface area contributed by atoms with Crippen LogP contribution in [0.1, 0.15) is 52.4 Å². The molecule has 3 nitrogen and oxygen atoms in total. The van der Waals surface area contributed by atoms with Crippen molar-refractivity contribution in [1.82, 2.24) is 4.90 Å². The number of likely N-dealkylation sites (tertiary alicyclic amines) is 1. The van der Waals surface area contributed by atoms with Crippen molar-refractivity contribution in [3.05, 3.63) is 0 Å². The SMILES string of the molecule is CCC1CCC(O)C(CN2CCCC(C)(OC)C2)C1. The summed E-state index contributed by atoms with van der Waals surface area (Å²) < 4.78 is 5.66. The molecule has 0 spiro atoms. The quantitative estimate of drug-likeness (QED) is 0.851. The summed E-state index contributed by atoms with van der Waals surface area (Å²) in [4.78, 5) is 2.51. The van der Waals surface area contributed by atoms with Crippen molar-refractivity contribution in [2.75, 3.05) is 26.7 Å². The first kappa shape index (κ1) is 15.3. The van der Waals surface area contributed by atoms with E-state index in [1.54, 1.807) is 0 Å². The maximum atomic E-state index is 10.2. The lowest BCUT2D eigenvalue weighted by Gasteiger charge is -2.43. The summed E-state index contributed by atoms with van der Waals surface area (Å²) in [5.41, 5.74) is 0.0159. The van der Waals surface area contributed by atoms with Gasteiger partial charge in [0.25, 0.3) is 0 Å². The van der Waals surface area contributed by atoms with Crippen LogP contribution in [-0.2, 0) is 4.74 Å². The summed E-state index contributed by atoms with van der Waals surface area (Å²) in [6.45, 7) is 7.73. The van der Waals surface area contributed by atoms with E-state index < -0.39 is 0 Å². The number of aliphatic hydroxyl groups excluding tert-OH is 1. The fraction of sp³-hybridized carbons (Fsp3) is 1.00. The Morgan fingerprint density at radius 3 is 2.84 bits per heavy atom. The third-order valence-electron chi connectivity index (χ3n) is 5.35. The Labute approximate surface area is 118 Å². The Hall–Kier alpha value is -0.120. The molecule has 4 unspecified atom stereocenters. The molecule has 1 N–H and O–H groups in total. The molecule has 1 aliphatic heterocycles. The molecule has 0 amide bonds. The van der Waals surface area contributed by atoms with Crippen molar-refractivity contribution in [1.29, 1.82) is 0 Å². The normalized spacial score (nSPS) is 41.4. The second-order valence-corrected chi connectivity index (χ2v) is 6.91. The maximum absolute atomic E-state index is 10.2. The monoisotopic (exact) mass is 269 g/mol. The smallest absolute Gasteiger partial charge is 0.0777 e. The Bertz CT molecular complexity index is 284. The molecule has 0 aromatic rings. The number of aliphatic hydroxyl groups is 1. The Morgan fingerprint density at radius 2 is 2.16 bits per heavy atom. The van der Waals surface area contributed by atoms with Gasteiger partial charge in [0.2, 0.25) is 0 Å². The van der Waals surface area contributed by atoms with Crippen LogP contribution in [0.3, 0.4) is 0 Å². The van der Waals surface area contributed by atoms with Crippen LogP contribution in [0.5, 0.6) is 0 Å². The second-order valence-electron chi connectivity index (χ2n) is 6.91. The molecule has 0 bridgehead atoms. The molecule has 1 saturated heterocycles. The van der Waals surface area contributed by atoms with E-state index in [9.17, 15) is 5.11 Å². The van der Waals surface area contributed by atoms with Gasteiger partial charge < -0.3 is 14.7 Å². The molecule has 1 heterocycles. The predicted octanol–water partition coefficient (Wildman–Crippen LogP) is 2.67. The number of rotatable bonds is 4. The van der Waals surface area contributed by atoms with Crippen molar-refractivity contribution in [2.24, 2.45) is 11.8 Å². The minimum absolute atomic E-state index is 0.0159. The molecule has 2 fully saturated rings. The summed E-state index contributed by atoms with van der Waals surface area (Å²) in [7, 11) is 1.83. The average Bonchev–Trinajstić information content (AvgIpc) is 2.41. The third-order valence-corrected chi connectivity index (χ3v) is 5.35. The average molecular weight is 269 g/mol. The minimum atomic E-state index is -0.0847. The van der Waals surface area contributed by atoms with Crippen molar-refractivity contribution >= 4 is 0 Å². The fourth-order valence-electron chi connectivity index (χ4n) is 3.87. The number of piperidine rings is 1. The predicted molar refractivity (Wildman–Crippen MR) is 78.2 cm³/mol. The Morgan fingerprint density at radius 1 is 1.37 bits per heavy atom. The van der Waals surface area contributed by atoms with Crippen molar-refractivity contribution in [3.8, 4) is 0 Å². The highest BCUT2D eigenvalue weighted by Crippen LogP contribution is 2.33. The molecular weight excluding hydrogens is 238 g/mol. The minimum Gasteiger partial charge on any atom is -0.393 e. The van der Waals surface area contributed by atoms with Crippen molar-refractivity contribution in [3.63, 3.8) is 0 Å². The van der Waals surface area contributed by atoms with Gasteiger partial charge in [0.15, 0.2) is 0 Å². The number of nitrogens with zero attached hydrogens (tertiary/aromatic N) is 1. The van der Waals surface area contributed by atoms with Crippen molar-refractivity contribution in [2.45, 2.75) is 64.1 Å². The number of hydrogen-bond acceptors (Lipinski definition) is 3. The van der Waals surface area contributed by atoms with Gasteiger partial charge in [-0.1, -0.05) is 13.3 Å². The summed E-state index contributed by atoms with van der Waals surface area (Å²) in [6, 6.07) is 0. The van der Waals surface area contributed by atoms with Crippen LogP contribution in [-0.4, -0.2) is 48.5 Å². The van der Waals surface area contributed by atoms with Gasteiger partial charge in [0, 0.05) is 20.2 Å². The molecule has 0 aromatic heterocycles. The lowest BCUT2D eigenvalue weighted by molar-refractivity contribution is -0.0629.